The highest BCUT2D eigenvalue weighted by Gasteiger charge is 2.01. The van der Waals surface area contributed by atoms with Crippen LogP contribution in [0.5, 0.6) is 0 Å². The van der Waals surface area contributed by atoms with Crippen molar-refractivity contribution in [3.8, 4) is 0 Å². The fourth-order valence-electron chi connectivity index (χ4n) is 0.919. The third-order valence-electron chi connectivity index (χ3n) is 1.69. The molecule has 1 rings (SSSR count). The zero-order valence-electron chi connectivity index (χ0n) is 6.42. The number of hydrogen-bond acceptors (Lipinski definition) is 1. The van der Waals surface area contributed by atoms with Crippen molar-refractivity contribution >= 4 is 28.6 Å². The third-order valence-corrected chi connectivity index (χ3v) is 2.73. The summed E-state index contributed by atoms with van der Waals surface area (Å²) in [6.07, 6.45) is 0. The summed E-state index contributed by atoms with van der Waals surface area (Å²) in [6.45, 7) is 2.18. The number of halogens is 1. The summed E-state index contributed by atoms with van der Waals surface area (Å²) in [6, 6.07) is 8.36. The van der Waals surface area contributed by atoms with Crippen LogP contribution in [0.3, 0.4) is 0 Å². The molecule has 0 fully saturated rings. The van der Waals surface area contributed by atoms with E-state index in [0.717, 1.165) is 10.2 Å². The van der Waals surface area contributed by atoms with Gasteiger partial charge in [0, 0.05) is 4.47 Å². The van der Waals surface area contributed by atoms with Gasteiger partial charge in [0.05, 0.1) is 0 Å². The van der Waals surface area contributed by atoms with Gasteiger partial charge in [0.15, 0.2) is 0 Å². The number of thiol groups is 1. The molecule has 0 heterocycles. The minimum atomic E-state index is 0.538. The van der Waals surface area contributed by atoms with E-state index in [2.05, 4.69) is 53.7 Å². The summed E-state index contributed by atoms with van der Waals surface area (Å²) in [5, 5.41) is 0. The average molecular weight is 231 g/mol. The molecule has 2 heteroatoms. The molecule has 1 atom stereocenters. The second-order valence-corrected chi connectivity index (χ2v) is 3.92. The lowest BCUT2D eigenvalue weighted by atomic mass is 10.0. The molecule has 0 bridgehead atoms. The van der Waals surface area contributed by atoms with E-state index < -0.39 is 0 Å². The molecule has 1 unspecified atom stereocenters. The molecule has 0 aliphatic carbocycles. The summed E-state index contributed by atoms with van der Waals surface area (Å²) in [4.78, 5) is 0. The lowest BCUT2D eigenvalue weighted by molar-refractivity contribution is 0.883. The first kappa shape index (κ1) is 9.14. The molecular formula is C9H11BrS. The van der Waals surface area contributed by atoms with Gasteiger partial charge in [0.1, 0.15) is 0 Å². The first-order valence-electron chi connectivity index (χ1n) is 3.60. The predicted molar refractivity (Wildman–Crippen MR) is 56.4 cm³/mol. The highest BCUT2D eigenvalue weighted by atomic mass is 79.9. The SMILES string of the molecule is CC(CS)c1cccc(Br)c1. The van der Waals surface area contributed by atoms with Gasteiger partial charge in [-0.3, -0.25) is 0 Å². The molecule has 0 saturated carbocycles. The van der Waals surface area contributed by atoms with E-state index in [1.165, 1.54) is 5.56 Å². The van der Waals surface area contributed by atoms with Crippen LogP contribution < -0.4 is 0 Å². The Morgan fingerprint density at radius 3 is 2.82 bits per heavy atom. The molecule has 0 N–H and O–H groups in total. The van der Waals surface area contributed by atoms with Gasteiger partial charge >= 0.3 is 0 Å². The molecule has 1 aromatic carbocycles. The van der Waals surface area contributed by atoms with Crippen molar-refractivity contribution in [2.24, 2.45) is 0 Å². The fourth-order valence-corrected chi connectivity index (χ4v) is 1.55. The average Bonchev–Trinajstić information content (AvgIpc) is 2.03. The van der Waals surface area contributed by atoms with Gasteiger partial charge in [-0.1, -0.05) is 35.0 Å². The van der Waals surface area contributed by atoms with Crippen LogP contribution in [-0.2, 0) is 0 Å². The van der Waals surface area contributed by atoms with Crippen molar-refractivity contribution in [2.75, 3.05) is 5.75 Å². The smallest absolute Gasteiger partial charge is 0.0178 e. The molecule has 0 aliphatic heterocycles. The molecule has 0 aromatic heterocycles. The molecule has 0 radical (unpaired) electrons. The van der Waals surface area contributed by atoms with Gasteiger partial charge < -0.3 is 0 Å². The van der Waals surface area contributed by atoms with Crippen molar-refractivity contribution in [1.29, 1.82) is 0 Å². The fraction of sp³-hybridized carbons (Fsp3) is 0.333. The zero-order chi connectivity index (χ0) is 8.27. The second-order valence-electron chi connectivity index (χ2n) is 2.64. The Labute approximate surface area is 81.5 Å². The largest absolute Gasteiger partial charge is 0.179 e. The lowest BCUT2D eigenvalue weighted by Crippen LogP contribution is -1.93. The normalized spacial score (nSPS) is 13.0. The maximum Gasteiger partial charge on any atom is 0.0178 e. The van der Waals surface area contributed by atoms with Crippen molar-refractivity contribution in [2.45, 2.75) is 12.8 Å². The van der Waals surface area contributed by atoms with Gasteiger partial charge in [-0.25, -0.2) is 0 Å². The topological polar surface area (TPSA) is 0 Å². The van der Waals surface area contributed by atoms with E-state index in [9.17, 15) is 0 Å². The first-order chi connectivity index (χ1) is 5.24. The Morgan fingerprint density at radius 1 is 1.55 bits per heavy atom. The zero-order valence-corrected chi connectivity index (χ0v) is 8.90. The maximum atomic E-state index is 4.25. The molecule has 1 aromatic rings. The van der Waals surface area contributed by atoms with Crippen molar-refractivity contribution in [1.82, 2.24) is 0 Å². The van der Waals surface area contributed by atoms with Gasteiger partial charge in [0.25, 0.3) is 0 Å². The lowest BCUT2D eigenvalue weighted by Gasteiger charge is -2.07. The van der Waals surface area contributed by atoms with Crippen LogP contribution in [0.15, 0.2) is 28.7 Å². The van der Waals surface area contributed by atoms with Crippen molar-refractivity contribution < 1.29 is 0 Å². The minimum Gasteiger partial charge on any atom is -0.179 e. The van der Waals surface area contributed by atoms with Crippen LogP contribution in [-0.4, -0.2) is 5.75 Å². The quantitative estimate of drug-likeness (QED) is 0.740. The second kappa shape index (κ2) is 4.17. The Hall–Kier alpha value is 0.0500. The predicted octanol–water partition coefficient (Wildman–Crippen LogP) is 3.48. The van der Waals surface area contributed by atoms with Gasteiger partial charge in [-0.15, -0.1) is 0 Å². The van der Waals surface area contributed by atoms with Gasteiger partial charge in [0.2, 0.25) is 0 Å². The van der Waals surface area contributed by atoms with Crippen LogP contribution in [0.1, 0.15) is 18.4 Å². The van der Waals surface area contributed by atoms with Crippen LogP contribution in [0.4, 0.5) is 0 Å². The van der Waals surface area contributed by atoms with E-state index >= 15 is 0 Å². The monoisotopic (exact) mass is 230 g/mol. The number of benzene rings is 1. The maximum absolute atomic E-state index is 4.25. The summed E-state index contributed by atoms with van der Waals surface area (Å²) >= 11 is 7.68. The molecule has 0 spiro atoms. The Kier molecular flexibility index (Phi) is 3.46. The Balaban J connectivity index is 2.86. The first-order valence-corrected chi connectivity index (χ1v) is 5.03. The molecular weight excluding hydrogens is 220 g/mol. The van der Waals surface area contributed by atoms with Crippen LogP contribution in [0.2, 0.25) is 0 Å². The Morgan fingerprint density at radius 2 is 2.27 bits per heavy atom. The van der Waals surface area contributed by atoms with Crippen molar-refractivity contribution in [3.05, 3.63) is 34.3 Å². The summed E-state index contributed by atoms with van der Waals surface area (Å²) in [7, 11) is 0. The van der Waals surface area contributed by atoms with Gasteiger partial charge in [-0.2, -0.15) is 12.6 Å². The highest BCUT2D eigenvalue weighted by molar-refractivity contribution is 9.10. The van der Waals surface area contributed by atoms with E-state index in [-0.39, 0.29) is 0 Å². The molecule has 0 nitrogen and oxygen atoms in total. The molecule has 11 heavy (non-hydrogen) atoms. The standard InChI is InChI=1S/C9H11BrS/c1-7(6-11)8-3-2-4-9(10)5-8/h2-5,7,11H,6H2,1H3. The number of rotatable bonds is 2. The van der Waals surface area contributed by atoms with Crippen molar-refractivity contribution in [3.63, 3.8) is 0 Å². The summed E-state index contributed by atoms with van der Waals surface area (Å²) in [5.74, 6) is 1.44. The highest BCUT2D eigenvalue weighted by Crippen LogP contribution is 2.20. The van der Waals surface area contributed by atoms with Crippen LogP contribution in [0, 0.1) is 0 Å². The Bertz CT molecular complexity index is 235. The van der Waals surface area contributed by atoms with E-state index in [1.807, 2.05) is 6.07 Å². The minimum absolute atomic E-state index is 0.538. The molecule has 0 amide bonds. The van der Waals surface area contributed by atoms with E-state index in [1.54, 1.807) is 0 Å². The van der Waals surface area contributed by atoms with Gasteiger partial charge in [-0.05, 0) is 29.4 Å². The van der Waals surface area contributed by atoms with Crippen LogP contribution >= 0.6 is 28.6 Å². The van der Waals surface area contributed by atoms with Crippen LogP contribution in [0.25, 0.3) is 0 Å². The molecule has 0 aliphatic rings. The van der Waals surface area contributed by atoms with E-state index in [4.69, 9.17) is 0 Å². The molecule has 0 saturated heterocycles. The summed E-state index contributed by atoms with van der Waals surface area (Å²) < 4.78 is 1.14. The number of hydrogen-bond donors (Lipinski definition) is 1. The third kappa shape index (κ3) is 2.53. The summed E-state index contributed by atoms with van der Waals surface area (Å²) in [5.41, 5.74) is 1.34. The van der Waals surface area contributed by atoms with E-state index in [0.29, 0.717) is 5.92 Å². The molecule has 60 valence electrons.